The quantitative estimate of drug-likeness (QED) is 0.849. The molecule has 0 aromatic carbocycles. The predicted octanol–water partition coefficient (Wildman–Crippen LogP) is 3.64. The first kappa shape index (κ1) is 13.3. The van der Waals surface area contributed by atoms with E-state index in [0.29, 0.717) is 5.82 Å². The van der Waals surface area contributed by atoms with Crippen LogP contribution in [0.25, 0.3) is 11.6 Å². The summed E-state index contributed by atoms with van der Waals surface area (Å²) in [6, 6.07) is 3.84. The molecule has 1 N–H and O–H groups in total. The van der Waals surface area contributed by atoms with Gasteiger partial charge in [-0.1, -0.05) is 13.3 Å². The van der Waals surface area contributed by atoms with Crippen LogP contribution in [0.1, 0.15) is 24.8 Å². The molecule has 2 aromatic heterocycles. The molecule has 0 saturated heterocycles. The maximum atomic E-state index is 5.59. The molecule has 0 radical (unpaired) electrons. The molecule has 0 aliphatic heterocycles. The van der Waals surface area contributed by atoms with Gasteiger partial charge in [0.05, 0.1) is 9.26 Å². The van der Waals surface area contributed by atoms with Crippen LogP contribution in [-0.2, 0) is 6.42 Å². The molecule has 2 rings (SSSR count). The Labute approximate surface area is 120 Å². The summed E-state index contributed by atoms with van der Waals surface area (Å²) in [5, 5.41) is 3.11. The Hall–Kier alpha value is -1.11. The van der Waals surface area contributed by atoms with Gasteiger partial charge in [0, 0.05) is 7.05 Å². The van der Waals surface area contributed by atoms with Crippen molar-refractivity contribution in [3.63, 3.8) is 0 Å². The van der Waals surface area contributed by atoms with Crippen molar-refractivity contribution in [3.05, 3.63) is 27.2 Å². The van der Waals surface area contributed by atoms with Gasteiger partial charge in [0.2, 0.25) is 0 Å². The molecule has 0 fully saturated rings. The van der Waals surface area contributed by atoms with E-state index in [2.05, 4.69) is 44.8 Å². The minimum atomic E-state index is 0.649. The van der Waals surface area contributed by atoms with Crippen molar-refractivity contribution in [3.8, 4) is 11.6 Å². The Bertz CT molecular complexity index is 551. The molecule has 5 heteroatoms. The summed E-state index contributed by atoms with van der Waals surface area (Å²) in [7, 11) is 1.87. The third kappa shape index (κ3) is 2.66. The molecule has 0 amide bonds. The lowest BCUT2D eigenvalue weighted by molar-refractivity contribution is 0.543. The highest BCUT2D eigenvalue weighted by Crippen LogP contribution is 2.25. The van der Waals surface area contributed by atoms with Crippen LogP contribution in [0.5, 0.6) is 0 Å². The lowest BCUT2D eigenvalue weighted by Crippen LogP contribution is -2.05. The van der Waals surface area contributed by atoms with Crippen LogP contribution in [0.15, 0.2) is 16.5 Å². The fourth-order valence-electron chi connectivity index (χ4n) is 1.73. The zero-order valence-electron chi connectivity index (χ0n) is 10.7. The molecule has 0 unspecified atom stereocenters. The van der Waals surface area contributed by atoms with Crippen molar-refractivity contribution in [2.45, 2.75) is 26.7 Å². The molecule has 4 nitrogen and oxygen atoms in total. The van der Waals surface area contributed by atoms with Gasteiger partial charge in [-0.15, -0.1) is 0 Å². The van der Waals surface area contributed by atoms with E-state index in [4.69, 9.17) is 4.42 Å². The Balaban J connectivity index is 2.51. The van der Waals surface area contributed by atoms with E-state index in [1.807, 2.05) is 26.1 Å². The second-order valence-corrected chi connectivity index (χ2v) is 5.15. The fraction of sp³-hybridized carbons (Fsp3) is 0.385. The zero-order chi connectivity index (χ0) is 13.1. The van der Waals surface area contributed by atoms with Gasteiger partial charge in [0.1, 0.15) is 11.6 Å². The standard InChI is InChI=1S/C13H16IN3O/c1-4-5-9-11(14)13(15-3)17-12(16-9)10-7-6-8(2)18-10/h6-7H,4-5H2,1-3H3,(H,15,16,17). The number of nitrogens with zero attached hydrogens (tertiary/aromatic N) is 2. The molecule has 18 heavy (non-hydrogen) atoms. The summed E-state index contributed by atoms with van der Waals surface area (Å²) >= 11 is 2.29. The van der Waals surface area contributed by atoms with Crippen LogP contribution >= 0.6 is 22.6 Å². The van der Waals surface area contributed by atoms with Crippen LogP contribution < -0.4 is 5.32 Å². The number of hydrogen-bond donors (Lipinski definition) is 1. The van der Waals surface area contributed by atoms with Gasteiger partial charge in [0.15, 0.2) is 11.6 Å². The highest BCUT2D eigenvalue weighted by molar-refractivity contribution is 14.1. The van der Waals surface area contributed by atoms with Crippen LogP contribution in [0, 0.1) is 10.5 Å². The maximum Gasteiger partial charge on any atom is 0.197 e. The average Bonchev–Trinajstić information content (AvgIpc) is 2.79. The molecule has 2 heterocycles. The Kier molecular flexibility index (Phi) is 4.21. The average molecular weight is 357 g/mol. The van der Waals surface area contributed by atoms with Crippen molar-refractivity contribution in [1.82, 2.24) is 9.97 Å². The largest absolute Gasteiger partial charge is 0.458 e. The predicted molar refractivity (Wildman–Crippen MR) is 80.7 cm³/mol. The maximum absolute atomic E-state index is 5.59. The first-order chi connectivity index (χ1) is 8.65. The van der Waals surface area contributed by atoms with Crippen molar-refractivity contribution in [2.24, 2.45) is 0 Å². The van der Waals surface area contributed by atoms with Crippen LogP contribution in [-0.4, -0.2) is 17.0 Å². The summed E-state index contributed by atoms with van der Waals surface area (Å²) in [6.45, 7) is 4.07. The van der Waals surface area contributed by atoms with E-state index < -0.39 is 0 Å². The topological polar surface area (TPSA) is 51.0 Å². The Morgan fingerprint density at radius 1 is 1.33 bits per heavy atom. The SMILES string of the molecule is CCCc1nc(-c2ccc(C)o2)nc(NC)c1I. The molecule has 96 valence electrons. The molecule has 2 aromatic rings. The van der Waals surface area contributed by atoms with Crippen molar-refractivity contribution < 1.29 is 4.42 Å². The van der Waals surface area contributed by atoms with Crippen LogP contribution in [0.2, 0.25) is 0 Å². The van der Waals surface area contributed by atoms with Gasteiger partial charge < -0.3 is 9.73 Å². The smallest absolute Gasteiger partial charge is 0.197 e. The van der Waals surface area contributed by atoms with Crippen molar-refractivity contribution >= 4 is 28.4 Å². The van der Waals surface area contributed by atoms with Gasteiger partial charge in [0.25, 0.3) is 0 Å². The molecule has 0 spiro atoms. The third-order valence-electron chi connectivity index (χ3n) is 2.60. The van der Waals surface area contributed by atoms with E-state index in [-0.39, 0.29) is 0 Å². The number of aryl methyl sites for hydroxylation is 2. The first-order valence-electron chi connectivity index (χ1n) is 5.96. The van der Waals surface area contributed by atoms with Gasteiger partial charge in [-0.05, 0) is 48.1 Å². The minimum Gasteiger partial charge on any atom is -0.458 e. The van der Waals surface area contributed by atoms with E-state index >= 15 is 0 Å². The van der Waals surface area contributed by atoms with E-state index in [1.54, 1.807) is 0 Å². The van der Waals surface area contributed by atoms with E-state index in [9.17, 15) is 0 Å². The van der Waals surface area contributed by atoms with Crippen molar-refractivity contribution in [1.29, 1.82) is 0 Å². The summed E-state index contributed by atoms with van der Waals surface area (Å²) in [4.78, 5) is 9.10. The lowest BCUT2D eigenvalue weighted by atomic mass is 10.2. The second-order valence-electron chi connectivity index (χ2n) is 4.07. The second kappa shape index (κ2) is 5.69. The van der Waals surface area contributed by atoms with Gasteiger partial charge in [-0.3, -0.25) is 0 Å². The molecule has 0 saturated carbocycles. The minimum absolute atomic E-state index is 0.649. The highest BCUT2D eigenvalue weighted by atomic mass is 127. The summed E-state index contributed by atoms with van der Waals surface area (Å²) < 4.78 is 6.67. The summed E-state index contributed by atoms with van der Waals surface area (Å²) in [5.41, 5.74) is 1.07. The number of aromatic nitrogens is 2. The number of furan rings is 1. The third-order valence-corrected chi connectivity index (χ3v) is 3.74. The van der Waals surface area contributed by atoms with Gasteiger partial charge >= 0.3 is 0 Å². The molecular weight excluding hydrogens is 341 g/mol. The normalized spacial score (nSPS) is 10.7. The number of hydrogen-bond acceptors (Lipinski definition) is 4. The monoisotopic (exact) mass is 357 g/mol. The van der Waals surface area contributed by atoms with Crippen LogP contribution in [0.3, 0.4) is 0 Å². The van der Waals surface area contributed by atoms with E-state index in [1.165, 1.54) is 0 Å². The lowest BCUT2D eigenvalue weighted by Gasteiger charge is -2.09. The highest BCUT2D eigenvalue weighted by Gasteiger charge is 2.14. The first-order valence-corrected chi connectivity index (χ1v) is 7.04. The number of nitrogens with one attached hydrogen (secondary N) is 1. The zero-order valence-corrected chi connectivity index (χ0v) is 12.9. The number of halogens is 1. The summed E-state index contributed by atoms with van der Waals surface area (Å²) in [6.07, 6.45) is 2.01. The van der Waals surface area contributed by atoms with Crippen LogP contribution in [0.4, 0.5) is 5.82 Å². The molecule has 0 aliphatic rings. The molecule has 0 bridgehead atoms. The van der Waals surface area contributed by atoms with Crippen molar-refractivity contribution in [2.75, 3.05) is 12.4 Å². The number of anilines is 1. The Morgan fingerprint density at radius 3 is 2.67 bits per heavy atom. The van der Waals surface area contributed by atoms with E-state index in [0.717, 1.165) is 39.4 Å². The van der Waals surface area contributed by atoms with Gasteiger partial charge in [-0.2, -0.15) is 0 Å². The fourth-order valence-corrected chi connectivity index (χ4v) is 2.51. The molecule has 0 aliphatic carbocycles. The molecular formula is C13H16IN3O. The Morgan fingerprint density at radius 2 is 2.11 bits per heavy atom. The summed E-state index contributed by atoms with van der Waals surface area (Å²) in [5.74, 6) is 3.10. The number of rotatable bonds is 4. The van der Waals surface area contributed by atoms with Gasteiger partial charge in [-0.25, -0.2) is 9.97 Å². The molecule has 0 atom stereocenters.